The second-order valence-electron chi connectivity index (χ2n) is 3.91. The zero-order chi connectivity index (χ0) is 16.5. The minimum atomic E-state index is -6.25. The molecule has 10 heteroatoms. The fourth-order valence-electron chi connectivity index (χ4n) is 1.27. The van der Waals surface area contributed by atoms with Crippen molar-refractivity contribution in [3.05, 3.63) is 34.3 Å². The van der Waals surface area contributed by atoms with Gasteiger partial charge in [-0.25, -0.2) is 4.79 Å². The predicted molar refractivity (Wildman–Crippen MR) is 61.0 cm³/mol. The molecule has 0 spiro atoms. The predicted octanol–water partition coefficient (Wildman–Crippen LogP) is 3.35. The lowest BCUT2D eigenvalue weighted by molar-refractivity contribution is -0.357. The lowest BCUT2D eigenvalue weighted by Gasteiger charge is -2.29. The number of rotatable bonds is 3. The molecule has 0 aliphatic carbocycles. The highest BCUT2D eigenvalue weighted by molar-refractivity contribution is 9.10. The summed E-state index contributed by atoms with van der Waals surface area (Å²) in [5.41, 5.74) is -5.42. The summed E-state index contributed by atoms with van der Waals surface area (Å²) in [6.45, 7) is -0.854. The quantitative estimate of drug-likeness (QED) is 0.646. The molecular formula is C11H7BrF6O3. The molecule has 0 bridgehead atoms. The number of carbonyl (C=O) groups excluding carboxylic acids is 1. The average molecular weight is 381 g/mol. The Labute approximate surface area is 122 Å². The van der Waals surface area contributed by atoms with Crippen LogP contribution in [0, 0.1) is 0 Å². The second kappa shape index (κ2) is 5.84. The number of benzene rings is 1. The smallest absolute Gasteiger partial charge is 0.437 e. The highest BCUT2D eigenvalue weighted by Gasteiger charge is 2.76. The van der Waals surface area contributed by atoms with Gasteiger partial charge < -0.3 is 9.84 Å². The molecule has 0 radical (unpaired) electrons. The van der Waals surface area contributed by atoms with E-state index in [1.54, 1.807) is 6.07 Å². The Morgan fingerprint density at radius 3 is 2.10 bits per heavy atom. The average Bonchev–Trinajstić information content (AvgIpc) is 2.32. The Kier molecular flexibility index (Phi) is 4.94. The minimum absolute atomic E-state index is 0.143. The summed E-state index contributed by atoms with van der Waals surface area (Å²) < 4.78 is 78.6. The summed E-state index contributed by atoms with van der Waals surface area (Å²) in [6, 6.07) is 5.63. The van der Waals surface area contributed by atoms with Gasteiger partial charge in [0, 0.05) is 4.47 Å². The summed E-state index contributed by atoms with van der Waals surface area (Å²) >= 11 is 3.02. The first-order chi connectivity index (χ1) is 9.39. The summed E-state index contributed by atoms with van der Waals surface area (Å²) in [5.74, 6) is -2.83. The molecule has 118 valence electrons. The van der Waals surface area contributed by atoms with E-state index in [1.165, 1.54) is 18.2 Å². The van der Waals surface area contributed by atoms with Gasteiger partial charge in [-0.1, -0.05) is 28.1 Å². The molecule has 21 heavy (non-hydrogen) atoms. The zero-order valence-electron chi connectivity index (χ0n) is 9.93. The van der Waals surface area contributed by atoms with Crippen molar-refractivity contribution in [2.75, 3.05) is 0 Å². The van der Waals surface area contributed by atoms with Gasteiger partial charge >= 0.3 is 23.9 Å². The molecule has 1 N–H and O–H groups in total. The van der Waals surface area contributed by atoms with E-state index in [0.29, 0.717) is 4.47 Å². The van der Waals surface area contributed by atoms with Gasteiger partial charge in [-0.05, 0) is 17.7 Å². The number of ether oxygens (including phenoxy) is 1. The fourth-order valence-corrected chi connectivity index (χ4v) is 1.72. The van der Waals surface area contributed by atoms with Crippen LogP contribution in [0.5, 0.6) is 0 Å². The molecule has 1 aromatic carbocycles. The molecule has 3 nitrogen and oxygen atoms in total. The van der Waals surface area contributed by atoms with Crippen LogP contribution in [0.2, 0.25) is 0 Å². The molecule has 0 saturated heterocycles. The van der Waals surface area contributed by atoms with Crippen molar-refractivity contribution in [3.8, 4) is 0 Å². The van der Waals surface area contributed by atoms with E-state index in [1.807, 2.05) is 0 Å². The van der Waals surface area contributed by atoms with Gasteiger partial charge in [0.2, 0.25) is 0 Å². The molecule has 0 aliphatic heterocycles. The first kappa shape index (κ1) is 17.8. The SMILES string of the molecule is O=C(OCc1cccc(Br)c1)C(O)(C(F)(F)F)C(F)(F)F. The van der Waals surface area contributed by atoms with Crippen LogP contribution < -0.4 is 0 Å². The van der Waals surface area contributed by atoms with Crippen LogP contribution in [0.1, 0.15) is 5.56 Å². The van der Waals surface area contributed by atoms with Gasteiger partial charge in [0.15, 0.2) is 0 Å². The Morgan fingerprint density at radius 1 is 1.14 bits per heavy atom. The number of carbonyl (C=O) groups is 1. The molecular weight excluding hydrogens is 374 g/mol. The van der Waals surface area contributed by atoms with Gasteiger partial charge in [-0.2, -0.15) is 26.3 Å². The monoisotopic (exact) mass is 380 g/mol. The molecule has 0 aliphatic rings. The maximum absolute atomic E-state index is 12.4. The molecule has 0 amide bonds. The fraction of sp³-hybridized carbons (Fsp3) is 0.364. The van der Waals surface area contributed by atoms with E-state index in [9.17, 15) is 31.1 Å². The minimum Gasteiger partial charge on any atom is -0.458 e. The second-order valence-corrected chi connectivity index (χ2v) is 4.83. The van der Waals surface area contributed by atoms with E-state index in [4.69, 9.17) is 5.11 Å². The number of halogens is 7. The summed E-state index contributed by atoms with van der Waals surface area (Å²) in [4.78, 5) is 11.1. The number of aliphatic hydroxyl groups is 1. The lowest BCUT2D eigenvalue weighted by atomic mass is 10.0. The van der Waals surface area contributed by atoms with Crippen molar-refractivity contribution in [1.82, 2.24) is 0 Å². The van der Waals surface area contributed by atoms with Crippen LogP contribution in [0.4, 0.5) is 26.3 Å². The molecule has 0 aromatic heterocycles. The van der Waals surface area contributed by atoms with Crippen LogP contribution in [-0.4, -0.2) is 29.0 Å². The molecule has 0 heterocycles. The maximum atomic E-state index is 12.4. The topological polar surface area (TPSA) is 46.5 Å². The van der Waals surface area contributed by atoms with Crippen LogP contribution in [-0.2, 0) is 16.1 Å². The third-order valence-electron chi connectivity index (χ3n) is 2.37. The molecule has 0 atom stereocenters. The first-order valence-corrected chi connectivity index (χ1v) is 5.96. The van der Waals surface area contributed by atoms with Crippen LogP contribution in [0.15, 0.2) is 28.7 Å². The molecule has 1 aromatic rings. The number of esters is 1. The molecule has 0 unspecified atom stereocenters. The van der Waals surface area contributed by atoms with Crippen molar-refractivity contribution in [1.29, 1.82) is 0 Å². The third-order valence-corrected chi connectivity index (χ3v) is 2.87. The van der Waals surface area contributed by atoms with E-state index in [2.05, 4.69) is 20.7 Å². The van der Waals surface area contributed by atoms with Crippen molar-refractivity contribution >= 4 is 21.9 Å². The largest absolute Gasteiger partial charge is 0.458 e. The van der Waals surface area contributed by atoms with E-state index >= 15 is 0 Å². The molecule has 0 fully saturated rings. The van der Waals surface area contributed by atoms with Crippen LogP contribution in [0.3, 0.4) is 0 Å². The number of hydrogen-bond acceptors (Lipinski definition) is 3. The van der Waals surface area contributed by atoms with Crippen molar-refractivity contribution in [2.45, 2.75) is 24.6 Å². The Bertz CT molecular complexity index is 511. The Morgan fingerprint density at radius 2 is 1.67 bits per heavy atom. The summed E-state index contributed by atoms with van der Waals surface area (Å²) in [5, 5.41) is 8.75. The maximum Gasteiger partial charge on any atom is 0.437 e. The van der Waals surface area contributed by atoms with E-state index < -0.39 is 30.5 Å². The standard InChI is InChI=1S/C11H7BrF6O3/c12-7-3-1-2-6(4-7)5-21-8(19)9(20,10(13,14)15)11(16,17)18/h1-4,20H,5H2. The van der Waals surface area contributed by atoms with Crippen LogP contribution in [0.25, 0.3) is 0 Å². The van der Waals surface area contributed by atoms with Crippen molar-refractivity contribution in [3.63, 3.8) is 0 Å². The van der Waals surface area contributed by atoms with Gasteiger partial charge in [0.05, 0.1) is 0 Å². The Hall–Kier alpha value is -1.29. The number of hydrogen-bond donors (Lipinski definition) is 1. The van der Waals surface area contributed by atoms with Crippen molar-refractivity contribution < 1.29 is 41.0 Å². The first-order valence-electron chi connectivity index (χ1n) is 5.17. The van der Waals surface area contributed by atoms with Gasteiger partial charge in [-0.3, -0.25) is 0 Å². The molecule has 0 saturated carbocycles. The Balaban J connectivity index is 2.94. The van der Waals surface area contributed by atoms with Gasteiger partial charge in [-0.15, -0.1) is 0 Å². The van der Waals surface area contributed by atoms with E-state index in [0.717, 1.165) is 0 Å². The normalized spacial score (nSPS) is 13.1. The lowest BCUT2D eigenvalue weighted by Crippen LogP contribution is -2.62. The summed E-state index contributed by atoms with van der Waals surface area (Å²) in [6.07, 6.45) is -12.5. The van der Waals surface area contributed by atoms with Gasteiger partial charge in [0.25, 0.3) is 0 Å². The van der Waals surface area contributed by atoms with E-state index in [-0.39, 0.29) is 5.56 Å². The van der Waals surface area contributed by atoms with Crippen molar-refractivity contribution in [2.24, 2.45) is 0 Å². The third kappa shape index (κ3) is 3.67. The van der Waals surface area contributed by atoms with Crippen LogP contribution >= 0.6 is 15.9 Å². The highest BCUT2D eigenvalue weighted by Crippen LogP contribution is 2.43. The summed E-state index contributed by atoms with van der Waals surface area (Å²) in [7, 11) is 0. The zero-order valence-corrected chi connectivity index (χ0v) is 11.5. The van der Waals surface area contributed by atoms with Gasteiger partial charge in [0.1, 0.15) is 6.61 Å². The number of alkyl halides is 6. The molecule has 1 rings (SSSR count). The highest BCUT2D eigenvalue weighted by atomic mass is 79.9.